The number of aryl methyl sites for hydroxylation is 1. The van der Waals surface area contributed by atoms with Gasteiger partial charge in [-0.05, 0) is 30.7 Å². The number of ether oxygens (including phenoxy) is 1. The fourth-order valence-corrected chi connectivity index (χ4v) is 3.60. The van der Waals surface area contributed by atoms with Gasteiger partial charge in [0, 0.05) is 35.9 Å². The third kappa shape index (κ3) is 4.34. The van der Waals surface area contributed by atoms with Crippen LogP contribution in [0.4, 0.5) is 10.1 Å². The molecular weight excluding hydrogens is 401 g/mol. The highest BCUT2D eigenvalue weighted by atomic mass is 19.1. The number of carbonyl (C=O) groups is 3. The van der Waals surface area contributed by atoms with Crippen LogP contribution in [0.1, 0.15) is 15.9 Å². The molecule has 8 heteroatoms. The standard InChI is InChI=1S/C23H22FN3O4/c1-15-6-7-16(12-19(15)24)25-23(30)22(29)18-13-27(20-5-3-2-4-17(18)20)14-21(28)26-8-10-31-11-9-26/h2-7,12-13H,8-11,14H2,1H3,(H,25,30). The van der Waals surface area contributed by atoms with Crippen LogP contribution in [0.2, 0.25) is 0 Å². The summed E-state index contributed by atoms with van der Waals surface area (Å²) in [6.07, 6.45) is 1.53. The molecule has 1 saturated heterocycles. The summed E-state index contributed by atoms with van der Waals surface area (Å²) in [4.78, 5) is 39.8. The lowest BCUT2D eigenvalue weighted by Crippen LogP contribution is -2.42. The van der Waals surface area contributed by atoms with Gasteiger partial charge in [-0.25, -0.2) is 4.39 Å². The van der Waals surface area contributed by atoms with Crippen LogP contribution in [0.25, 0.3) is 10.9 Å². The SMILES string of the molecule is Cc1ccc(NC(=O)C(=O)c2cn(CC(=O)N3CCOCC3)c3ccccc23)cc1F. The molecule has 0 spiro atoms. The highest BCUT2D eigenvalue weighted by Gasteiger charge is 2.24. The van der Waals surface area contributed by atoms with Crippen molar-refractivity contribution in [3.8, 4) is 0 Å². The van der Waals surface area contributed by atoms with Gasteiger partial charge in [0.2, 0.25) is 5.91 Å². The first-order chi connectivity index (χ1) is 14.9. The first-order valence-corrected chi connectivity index (χ1v) is 9.99. The summed E-state index contributed by atoms with van der Waals surface area (Å²) in [6, 6.07) is 11.3. The number of carbonyl (C=O) groups excluding carboxylic acids is 3. The van der Waals surface area contributed by atoms with E-state index in [1.807, 2.05) is 0 Å². The predicted molar refractivity (Wildman–Crippen MR) is 113 cm³/mol. The number of anilines is 1. The summed E-state index contributed by atoms with van der Waals surface area (Å²) in [6.45, 7) is 3.72. The fourth-order valence-electron chi connectivity index (χ4n) is 3.60. The topological polar surface area (TPSA) is 80.6 Å². The lowest BCUT2D eigenvalue weighted by Gasteiger charge is -2.27. The summed E-state index contributed by atoms with van der Waals surface area (Å²) in [5.41, 5.74) is 1.52. The van der Waals surface area contributed by atoms with Crippen molar-refractivity contribution in [3.63, 3.8) is 0 Å². The highest BCUT2D eigenvalue weighted by molar-refractivity contribution is 6.48. The molecule has 1 fully saturated rings. The summed E-state index contributed by atoms with van der Waals surface area (Å²) < 4.78 is 20.7. The van der Waals surface area contributed by atoms with Crippen LogP contribution in [0.3, 0.4) is 0 Å². The van der Waals surface area contributed by atoms with Gasteiger partial charge in [-0.15, -0.1) is 0 Å². The van der Waals surface area contributed by atoms with Gasteiger partial charge in [0.25, 0.3) is 11.7 Å². The molecule has 3 aromatic rings. The van der Waals surface area contributed by atoms with Crippen LogP contribution in [0, 0.1) is 12.7 Å². The molecule has 4 rings (SSSR count). The Balaban J connectivity index is 1.58. The lowest BCUT2D eigenvalue weighted by atomic mass is 10.1. The average molecular weight is 423 g/mol. The number of rotatable bonds is 5. The van der Waals surface area contributed by atoms with Crippen LogP contribution >= 0.6 is 0 Å². The van der Waals surface area contributed by atoms with E-state index in [4.69, 9.17) is 4.74 Å². The molecule has 2 amide bonds. The molecule has 1 aliphatic rings. The van der Waals surface area contributed by atoms with Crippen LogP contribution in [0.5, 0.6) is 0 Å². The van der Waals surface area contributed by atoms with Crippen molar-refractivity contribution >= 4 is 34.2 Å². The fraction of sp³-hybridized carbons (Fsp3) is 0.261. The van der Waals surface area contributed by atoms with Crippen molar-refractivity contribution in [1.82, 2.24) is 9.47 Å². The van der Waals surface area contributed by atoms with E-state index in [9.17, 15) is 18.8 Å². The van der Waals surface area contributed by atoms with Crippen LogP contribution in [-0.4, -0.2) is 53.4 Å². The Labute approximate surface area is 178 Å². The van der Waals surface area contributed by atoms with E-state index in [0.29, 0.717) is 42.8 Å². The number of morpholine rings is 1. The average Bonchev–Trinajstić information content (AvgIpc) is 3.14. The summed E-state index contributed by atoms with van der Waals surface area (Å²) in [7, 11) is 0. The van der Waals surface area contributed by atoms with Crippen molar-refractivity contribution in [2.75, 3.05) is 31.6 Å². The maximum atomic E-state index is 13.8. The van der Waals surface area contributed by atoms with Gasteiger partial charge >= 0.3 is 0 Å². The zero-order valence-electron chi connectivity index (χ0n) is 17.1. The van der Waals surface area contributed by atoms with Crippen LogP contribution < -0.4 is 5.32 Å². The van der Waals surface area contributed by atoms with E-state index >= 15 is 0 Å². The lowest BCUT2D eigenvalue weighted by molar-refractivity contribution is -0.135. The molecule has 0 atom stereocenters. The molecule has 0 bridgehead atoms. The van der Waals surface area contributed by atoms with E-state index in [2.05, 4.69) is 5.32 Å². The molecule has 160 valence electrons. The van der Waals surface area contributed by atoms with Crippen molar-refractivity contribution in [1.29, 1.82) is 0 Å². The van der Waals surface area contributed by atoms with Gasteiger partial charge in [-0.1, -0.05) is 24.3 Å². The molecule has 0 aliphatic carbocycles. The van der Waals surface area contributed by atoms with E-state index < -0.39 is 17.5 Å². The normalized spacial score (nSPS) is 13.9. The van der Waals surface area contributed by atoms with Gasteiger partial charge in [0.1, 0.15) is 12.4 Å². The Morgan fingerprint density at radius 3 is 2.58 bits per heavy atom. The smallest absolute Gasteiger partial charge is 0.296 e. The van der Waals surface area contributed by atoms with Gasteiger partial charge in [-0.2, -0.15) is 0 Å². The van der Waals surface area contributed by atoms with Crippen molar-refractivity contribution < 1.29 is 23.5 Å². The van der Waals surface area contributed by atoms with E-state index in [1.165, 1.54) is 24.4 Å². The number of ketones is 1. The minimum atomic E-state index is -0.870. The first-order valence-electron chi connectivity index (χ1n) is 9.99. The van der Waals surface area contributed by atoms with Crippen molar-refractivity contribution in [2.24, 2.45) is 0 Å². The second kappa shape index (κ2) is 8.69. The number of aromatic nitrogens is 1. The third-order valence-electron chi connectivity index (χ3n) is 5.34. The molecular formula is C23H22FN3O4. The molecule has 0 unspecified atom stereocenters. The Morgan fingerprint density at radius 1 is 1.10 bits per heavy atom. The number of fused-ring (bicyclic) bond motifs is 1. The molecule has 0 radical (unpaired) electrons. The molecule has 7 nitrogen and oxygen atoms in total. The summed E-state index contributed by atoms with van der Waals surface area (Å²) in [5, 5.41) is 3.02. The van der Waals surface area contributed by atoms with Crippen molar-refractivity contribution in [3.05, 3.63) is 65.6 Å². The number of halogens is 1. The minimum Gasteiger partial charge on any atom is -0.378 e. The van der Waals surface area contributed by atoms with Gasteiger partial charge in [0.05, 0.1) is 18.8 Å². The second-order valence-electron chi connectivity index (χ2n) is 7.43. The number of benzene rings is 2. The third-order valence-corrected chi connectivity index (χ3v) is 5.34. The molecule has 1 aliphatic heterocycles. The number of hydrogen-bond donors (Lipinski definition) is 1. The molecule has 1 N–H and O–H groups in total. The number of amides is 2. The quantitative estimate of drug-likeness (QED) is 0.506. The Hall–Kier alpha value is -3.52. The maximum absolute atomic E-state index is 13.8. The molecule has 2 aromatic carbocycles. The summed E-state index contributed by atoms with van der Waals surface area (Å²) in [5.74, 6) is -2.17. The van der Waals surface area contributed by atoms with E-state index in [0.717, 1.165) is 0 Å². The van der Waals surface area contributed by atoms with Gasteiger partial charge < -0.3 is 19.5 Å². The largest absolute Gasteiger partial charge is 0.378 e. The van der Waals surface area contributed by atoms with Gasteiger partial charge in [0.15, 0.2) is 0 Å². The van der Waals surface area contributed by atoms with Crippen molar-refractivity contribution in [2.45, 2.75) is 13.5 Å². The first kappa shape index (κ1) is 20.7. The van der Waals surface area contributed by atoms with Crippen LogP contribution in [0.15, 0.2) is 48.7 Å². The zero-order valence-corrected chi connectivity index (χ0v) is 17.1. The molecule has 1 aromatic heterocycles. The number of nitrogens with one attached hydrogen (secondary N) is 1. The van der Waals surface area contributed by atoms with Crippen LogP contribution in [-0.2, 0) is 20.9 Å². The Bertz CT molecular complexity index is 1160. The second-order valence-corrected chi connectivity index (χ2v) is 7.43. The number of Topliss-reactive ketones (excluding diaryl/α,β-unsaturated/α-hetero) is 1. The minimum absolute atomic E-state index is 0.0542. The Morgan fingerprint density at radius 2 is 1.84 bits per heavy atom. The molecule has 31 heavy (non-hydrogen) atoms. The highest BCUT2D eigenvalue weighted by Crippen LogP contribution is 2.23. The number of nitrogens with zero attached hydrogens (tertiary/aromatic N) is 2. The van der Waals surface area contributed by atoms with E-state index in [1.54, 1.807) is 40.7 Å². The number of para-hydroxylation sites is 1. The van der Waals surface area contributed by atoms with E-state index in [-0.39, 0.29) is 23.7 Å². The summed E-state index contributed by atoms with van der Waals surface area (Å²) >= 11 is 0. The Kier molecular flexibility index (Phi) is 5.81. The number of hydrogen-bond acceptors (Lipinski definition) is 4. The molecule has 2 heterocycles. The van der Waals surface area contributed by atoms with Gasteiger partial charge in [-0.3, -0.25) is 14.4 Å². The maximum Gasteiger partial charge on any atom is 0.296 e. The predicted octanol–water partition coefficient (Wildman–Crippen LogP) is 2.77. The monoisotopic (exact) mass is 423 g/mol. The molecule has 0 saturated carbocycles. The zero-order chi connectivity index (χ0) is 22.0.